The molecule has 2 aliphatic rings. The summed E-state index contributed by atoms with van der Waals surface area (Å²) in [6.45, 7) is 4.41. The second kappa shape index (κ2) is 7.90. The van der Waals surface area contributed by atoms with E-state index in [0.29, 0.717) is 0 Å². The summed E-state index contributed by atoms with van der Waals surface area (Å²) in [6, 6.07) is 5.33. The van der Waals surface area contributed by atoms with Gasteiger partial charge in [-0.2, -0.15) is 0 Å². The van der Waals surface area contributed by atoms with Crippen LogP contribution in [0.25, 0.3) is 10.9 Å². The highest BCUT2D eigenvalue weighted by molar-refractivity contribution is 5.84. The fourth-order valence-corrected chi connectivity index (χ4v) is 4.81. The Bertz CT molecular complexity index is 693. The molecule has 1 aromatic heterocycles. The van der Waals surface area contributed by atoms with Crippen molar-refractivity contribution in [2.24, 2.45) is 5.92 Å². The first-order chi connectivity index (χ1) is 12.3. The van der Waals surface area contributed by atoms with Crippen LogP contribution >= 0.6 is 0 Å². The number of hydrogen-bond donors (Lipinski definition) is 0. The van der Waals surface area contributed by atoms with Gasteiger partial charge in [-0.15, -0.1) is 0 Å². The Morgan fingerprint density at radius 2 is 1.72 bits per heavy atom. The molecule has 0 radical (unpaired) electrons. The van der Waals surface area contributed by atoms with Gasteiger partial charge in [0.25, 0.3) is 0 Å². The Balaban J connectivity index is 1.53. The number of halogens is 1. The van der Waals surface area contributed by atoms with Crippen LogP contribution in [0.4, 0.5) is 4.39 Å². The van der Waals surface area contributed by atoms with E-state index in [1.165, 1.54) is 82.0 Å². The molecule has 25 heavy (non-hydrogen) atoms. The molecule has 136 valence electrons. The maximum atomic E-state index is 13.9. The van der Waals surface area contributed by atoms with Crippen molar-refractivity contribution in [2.45, 2.75) is 70.9 Å². The SMILES string of the molecule is Fc1ccc2c(c1)c(CN1CCCCC1)cn2CCC1CCCCC1. The lowest BCUT2D eigenvalue weighted by Gasteiger charge is -2.26. The highest BCUT2D eigenvalue weighted by Crippen LogP contribution is 2.29. The average Bonchev–Trinajstić information content (AvgIpc) is 2.98. The summed E-state index contributed by atoms with van der Waals surface area (Å²) in [5.74, 6) is 0.773. The van der Waals surface area contributed by atoms with Crippen molar-refractivity contribution in [1.82, 2.24) is 9.47 Å². The molecule has 2 fully saturated rings. The quantitative estimate of drug-likeness (QED) is 0.673. The molecule has 3 heteroatoms. The predicted molar refractivity (Wildman–Crippen MR) is 102 cm³/mol. The number of benzene rings is 1. The third kappa shape index (κ3) is 4.08. The summed E-state index contributed by atoms with van der Waals surface area (Å²) in [5, 5.41) is 1.12. The Morgan fingerprint density at radius 1 is 0.960 bits per heavy atom. The topological polar surface area (TPSA) is 8.17 Å². The Labute approximate surface area is 151 Å². The number of aromatic nitrogens is 1. The smallest absolute Gasteiger partial charge is 0.123 e. The minimum atomic E-state index is -0.113. The second-order valence-corrected chi connectivity index (χ2v) is 8.14. The van der Waals surface area contributed by atoms with Crippen LogP contribution in [0.15, 0.2) is 24.4 Å². The van der Waals surface area contributed by atoms with Gasteiger partial charge in [-0.3, -0.25) is 4.90 Å². The van der Waals surface area contributed by atoms with E-state index in [2.05, 4.69) is 15.7 Å². The zero-order valence-corrected chi connectivity index (χ0v) is 15.4. The van der Waals surface area contributed by atoms with Crippen molar-refractivity contribution in [3.63, 3.8) is 0 Å². The van der Waals surface area contributed by atoms with E-state index in [0.717, 1.165) is 24.4 Å². The Hall–Kier alpha value is -1.35. The minimum Gasteiger partial charge on any atom is -0.347 e. The maximum Gasteiger partial charge on any atom is 0.123 e. The van der Waals surface area contributed by atoms with Crippen LogP contribution < -0.4 is 0 Å². The van der Waals surface area contributed by atoms with Crippen molar-refractivity contribution in [3.05, 3.63) is 35.8 Å². The summed E-state index contributed by atoms with van der Waals surface area (Å²) in [7, 11) is 0. The maximum absolute atomic E-state index is 13.9. The fraction of sp³-hybridized carbons (Fsp3) is 0.636. The van der Waals surface area contributed by atoms with E-state index >= 15 is 0 Å². The molecule has 2 nitrogen and oxygen atoms in total. The highest BCUT2D eigenvalue weighted by Gasteiger charge is 2.17. The lowest BCUT2D eigenvalue weighted by molar-refractivity contribution is 0.221. The molecule has 0 spiro atoms. The normalized spacial score (nSPS) is 20.4. The lowest BCUT2D eigenvalue weighted by atomic mass is 9.87. The monoisotopic (exact) mass is 342 g/mol. The minimum absolute atomic E-state index is 0.113. The van der Waals surface area contributed by atoms with Crippen molar-refractivity contribution in [2.75, 3.05) is 13.1 Å². The summed E-state index contributed by atoms with van der Waals surface area (Å²) in [6.07, 6.45) is 14.6. The zero-order valence-electron chi connectivity index (χ0n) is 15.4. The molecule has 0 amide bonds. The summed E-state index contributed by atoms with van der Waals surface area (Å²) >= 11 is 0. The van der Waals surface area contributed by atoms with Gasteiger partial charge in [-0.25, -0.2) is 4.39 Å². The van der Waals surface area contributed by atoms with Crippen molar-refractivity contribution >= 4 is 10.9 Å². The van der Waals surface area contributed by atoms with Crippen molar-refractivity contribution in [1.29, 1.82) is 0 Å². The van der Waals surface area contributed by atoms with E-state index < -0.39 is 0 Å². The van der Waals surface area contributed by atoms with E-state index in [4.69, 9.17) is 0 Å². The van der Waals surface area contributed by atoms with Crippen LogP contribution in [0, 0.1) is 11.7 Å². The van der Waals surface area contributed by atoms with Crippen LogP contribution in [0.1, 0.15) is 63.4 Å². The summed E-state index contributed by atoms with van der Waals surface area (Å²) in [5.41, 5.74) is 2.52. The Kier molecular flexibility index (Phi) is 5.40. The molecular weight excluding hydrogens is 311 g/mol. The average molecular weight is 343 g/mol. The molecular formula is C22H31FN2. The van der Waals surface area contributed by atoms with Gasteiger partial charge in [0, 0.05) is 30.2 Å². The van der Waals surface area contributed by atoms with Gasteiger partial charge in [0.1, 0.15) is 5.82 Å². The van der Waals surface area contributed by atoms with Crippen molar-refractivity contribution < 1.29 is 4.39 Å². The standard InChI is InChI=1S/C22H31FN2/c23-20-9-10-22-21(15-20)19(16-24-12-5-2-6-13-24)17-25(22)14-11-18-7-3-1-4-8-18/h9-10,15,17-18H,1-8,11-14,16H2. The van der Waals surface area contributed by atoms with E-state index in [9.17, 15) is 4.39 Å². The lowest BCUT2D eigenvalue weighted by Crippen LogP contribution is -2.29. The molecule has 0 atom stereocenters. The van der Waals surface area contributed by atoms with E-state index in [-0.39, 0.29) is 5.82 Å². The van der Waals surface area contributed by atoms with Gasteiger partial charge in [-0.05, 0) is 62.0 Å². The van der Waals surface area contributed by atoms with Gasteiger partial charge in [0.2, 0.25) is 0 Å². The molecule has 1 aromatic carbocycles. The third-order valence-electron chi connectivity index (χ3n) is 6.27. The van der Waals surface area contributed by atoms with Crippen LogP contribution in [0.2, 0.25) is 0 Å². The molecule has 0 unspecified atom stereocenters. The number of hydrogen-bond acceptors (Lipinski definition) is 1. The number of piperidine rings is 1. The highest BCUT2D eigenvalue weighted by atomic mass is 19.1. The molecule has 1 aliphatic carbocycles. The van der Waals surface area contributed by atoms with Crippen molar-refractivity contribution in [3.8, 4) is 0 Å². The van der Waals surface area contributed by atoms with Gasteiger partial charge in [0.05, 0.1) is 0 Å². The summed E-state index contributed by atoms with van der Waals surface area (Å²) in [4.78, 5) is 2.54. The van der Waals surface area contributed by atoms with Crippen LogP contribution in [0.3, 0.4) is 0 Å². The molecule has 0 bridgehead atoms. The molecule has 0 N–H and O–H groups in total. The van der Waals surface area contributed by atoms with E-state index in [1.807, 2.05) is 6.07 Å². The van der Waals surface area contributed by atoms with Gasteiger partial charge in [0.15, 0.2) is 0 Å². The van der Waals surface area contributed by atoms with Crippen LogP contribution in [-0.2, 0) is 13.1 Å². The molecule has 1 saturated carbocycles. The largest absolute Gasteiger partial charge is 0.347 e. The summed E-state index contributed by atoms with van der Waals surface area (Å²) < 4.78 is 16.2. The van der Waals surface area contributed by atoms with Gasteiger partial charge < -0.3 is 4.57 Å². The third-order valence-corrected chi connectivity index (χ3v) is 6.27. The molecule has 4 rings (SSSR count). The number of fused-ring (bicyclic) bond motifs is 1. The first-order valence-electron chi connectivity index (χ1n) is 10.3. The molecule has 2 heterocycles. The molecule has 1 saturated heterocycles. The number of rotatable bonds is 5. The Morgan fingerprint density at radius 3 is 2.52 bits per heavy atom. The number of nitrogens with zero attached hydrogens (tertiary/aromatic N) is 2. The number of aryl methyl sites for hydroxylation is 1. The number of likely N-dealkylation sites (tertiary alicyclic amines) is 1. The van der Waals surface area contributed by atoms with Gasteiger partial charge >= 0.3 is 0 Å². The molecule has 1 aliphatic heterocycles. The molecule has 2 aromatic rings. The first kappa shape index (κ1) is 17.1. The first-order valence-corrected chi connectivity index (χ1v) is 10.3. The van der Waals surface area contributed by atoms with Crippen LogP contribution in [-0.4, -0.2) is 22.6 Å². The predicted octanol–water partition coefficient (Wildman–Crippen LogP) is 5.74. The fourth-order valence-electron chi connectivity index (χ4n) is 4.81. The zero-order chi connectivity index (χ0) is 17.1. The second-order valence-electron chi connectivity index (χ2n) is 8.14. The van der Waals surface area contributed by atoms with Gasteiger partial charge in [-0.1, -0.05) is 38.5 Å². The van der Waals surface area contributed by atoms with E-state index in [1.54, 1.807) is 12.1 Å². The van der Waals surface area contributed by atoms with Crippen LogP contribution in [0.5, 0.6) is 0 Å².